The lowest BCUT2D eigenvalue weighted by molar-refractivity contribution is -0.140. The SMILES string of the molecule is COc1ccc(/C(O)=C2\C(=O)C(=O)N(CCN(C)C)C2c2cccc(OC)c2OC)c(O)c1. The molecule has 1 aliphatic heterocycles. The fourth-order valence-electron chi connectivity index (χ4n) is 3.85. The topological polar surface area (TPSA) is 109 Å². The normalized spacial score (nSPS) is 17.5. The van der Waals surface area contributed by atoms with Crippen molar-refractivity contribution in [3.05, 3.63) is 53.1 Å². The number of carbonyl (C=O) groups is 2. The maximum atomic E-state index is 13.1. The number of likely N-dealkylation sites (N-methyl/N-ethyl adjacent to an activating group) is 1. The Balaban J connectivity index is 2.26. The number of aliphatic hydroxyl groups excluding tert-OH is 1. The van der Waals surface area contributed by atoms with Crippen molar-refractivity contribution in [3.8, 4) is 23.0 Å². The summed E-state index contributed by atoms with van der Waals surface area (Å²) in [5.41, 5.74) is 0.336. The van der Waals surface area contributed by atoms with Crippen LogP contribution < -0.4 is 14.2 Å². The molecule has 0 spiro atoms. The number of amides is 1. The average molecular weight is 456 g/mol. The van der Waals surface area contributed by atoms with Gasteiger partial charge in [0.15, 0.2) is 11.5 Å². The Bertz CT molecular complexity index is 1090. The summed E-state index contributed by atoms with van der Waals surface area (Å²) in [6, 6.07) is 8.46. The van der Waals surface area contributed by atoms with Crippen molar-refractivity contribution in [1.82, 2.24) is 9.80 Å². The predicted octanol–water partition coefficient (Wildman–Crippen LogP) is 2.40. The monoisotopic (exact) mass is 456 g/mol. The van der Waals surface area contributed by atoms with E-state index in [-0.39, 0.29) is 23.4 Å². The number of phenolic OH excluding ortho intramolecular Hbond substituents is 1. The highest BCUT2D eigenvalue weighted by Gasteiger charge is 2.47. The van der Waals surface area contributed by atoms with E-state index < -0.39 is 23.5 Å². The Morgan fingerprint density at radius 2 is 1.79 bits per heavy atom. The minimum absolute atomic E-state index is 0.00766. The Hall–Kier alpha value is -3.72. The number of methoxy groups -OCH3 is 3. The molecule has 33 heavy (non-hydrogen) atoms. The van der Waals surface area contributed by atoms with Crippen molar-refractivity contribution in [2.75, 3.05) is 48.5 Å². The van der Waals surface area contributed by atoms with Gasteiger partial charge in [-0.3, -0.25) is 9.59 Å². The minimum atomic E-state index is -0.948. The van der Waals surface area contributed by atoms with Gasteiger partial charge in [-0.25, -0.2) is 0 Å². The van der Waals surface area contributed by atoms with Crippen LogP contribution in [0.2, 0.25) is 0 Å². The van der Waals surface area contributed by atoms with Gasteiger partial charge in [-0.2, -0.15) is 0 Å². The van der Waals surface area contributed by atoms with Crippen molar-refractivity contribution in [3.63, 3.8) is 0 Å². The number of hydrogen-bond donors (Lipinski definition) is 2. The molecular weight excluding hydrogens is 428 g/mol. The number of benzene rings is 2. The number of phenols is 1. The molecule has 1 fully saturated rings. The van der Waals surface area contributed by atoms with Gasteiger partial charge in [0, 0.05) is 24.7 Å². The van der Waals surface area contributed by atoms with Crippen LogP contribution >= 0.6 is 0 Å². The molecule has 3 rings (SSSR count). The number of para-hydroxylation sites is 1. The van der Waals surface area contributed by atoms with Crippen LogP contribution in [0, 0.1) is 0 Å². The molecule has 9 heteroatoms. The molecular formula is C24H28N2O7. The Morgan fingerprint density at radius 1 is 1.06 bits per heavy atom. The number of carbonyl (C=O) groups excluding carboxylic acids is 2. The van der Waals surface area contributed by atoms with E-state index in [9.17, 15) is 19.8 Å². The van der Waals surface area contributed by atoms with Gasteiger partial charge >= 0.3 is 0 Å². The molecule has 2 aromatic rings. The van der Waals surface area contributed by atoms with Crippen molar-refractivity contribution in [2.24, 2.45) is 0 Å². The Kier molecular flexibility index (Phi) is 7.13. The third-order valence-corrected chi connectivity index (χ3v) is 5.52. The number of rotatable bonds is 8. The van der Waals surface area contributed by atoms with Crippen LogP contribution in [0.1, 0.15) is 17.2 Å². The van der Waals surface area contributed by atoms with Gasteiger partial charge < -0.3 is 34.2 Å². The van der Waals surface area contributed by atoms with E-state index in [0.717, 1.165) is 0 Å². The molecule has 0 aliphatic carbocycles. The van der Waals surface area contributed by atoms with E-state index in [1.807, 2.05) is 19.0 Å². The summed E-state index contributed by atoms with van der Waals surface area (Å²) in [5.74, 6) is -1.25. The number of ether oxygens (including phenoxy) is 3. The molecule has 0 aromatic heterocycles. The third kappa shape index (κ3) is 4.45. The van der Waals surface area contributed by atoms with Gasteiger partial charge in [-0.1, -0.05) is 12.1 Å². The predicted molar refractivity (Wildman–Crippen MR) is 122 cm³/mol. The van der Waals surface area contributed by atoms with Gasteiger partial charge in [-0.15, -0.1) is 0 Å². The zero-order valence-electron chi connectivity index (χ0n) is 19.3. The minimum Gasteiger partial charge on any atom is -0.507 e. The van der Waals surface area contributed by atoms with Gasteiger partial charge in [0.25, 0.3) is 11.7 Å². The second kappa shape index (κ2) is 9.83. The zero-order chi connectivity index (χ0) is 24.3. The highest BCUT2D eigenvalue weighted by molar-refractivity contribution is 6.46. The van der Waals surface area contributed by atoms with Gasteiger partial charge in [0.1, 0.15) is 17.3 Å². The van der Waals surface area contributed by atoms with Crippen LogP contribution in [-0.2, 0) is 9.59 Å². The summed E-state index contributed by atoms with van der Waals surface area (Å²) in [5, 5.41) is 21.6. The number of nitrogens with zero attached hydrogens (tertiary/aromatic N) is 2. The van der Waals surface area contributed by atoms with Gasteiger partial charge in [0.2, 0.25) is 0 Å². The molecule has 0 radical (unpaired) electrons. The second-order valence-electron chi connectivity index (χ2n) is 7.76. The van der Waals surface area contributed by atoms with E-state index in [4.69, 9.17) is 14.2 Å². The molecule has 9 nitrogen and oxygen atoms in total. The van der Waals surface area contributed by atoms with Gasteiger partial charge in [-0.05, 0) is 32.3 Å². The van der Waals surface area contributed by atoms with E-state index in [1.54, 1.807) is 18.2 Å². The van der Waals surface area contributed by atoms with Crippen molar-refractivity contribution >= 4 is 17.4 Å². The molecule has 1 amide bonds. The van der Waals surface area contributed by atoms with Crippen LogP contribution in [-0.4, -0.2) is 80.2 Å². The maximum absolute atomic E-state index is 13.1. The van der Waals surface area contributed by atoms with E-state index >= 15 is 0 Å². The van der Waals surface area contributed by atoms with Crippen LogP contribution in [0.25, 0.3) is 5.76 Å². The van der Waals surface area contributed by atoms with E-state index in [2.05, 4.69) is 0 Å². The lowest BCUT2D eigenvalue weighted by Crippen LogP contribution is -2.35. The van der Waals surface area contributed by atoms with Crippen molar-refractivity contribution < 1.29 is 34.0 Å². The quantitative estimate of drug-likeness (QED) is 0.354. The second-order valence-corrected chi connectivity index (χ2v) is 7.76. The molecule has 176 valence electrons. The number of aliphatic hydroxyl groups is 1. The lowest BCUT2D eigenvalue weighted by atomic mass is 9.94. The summed E-state index contributed by atoms with van der Waals surface area (Å²) >= 11 is 0. The summed E-state index contributed by atoms with van der Waals surface area (Å²) in [6.45, 7) is 0.720. The zero-order valence-corrected chi connectivity index (χ0v) is 19.3. The fraction of sp³-hybridized carbons (Fsp3) is 0.333. The van der Waals surface area contributed by atoms with Crippen LogP contribution in [0.5, 0.6) is 23.0 Å². The molecule has 1 atom stereocenters. The summed E-state index contributed by atoms with van der Waals surface area (Å²) in [7, 11) is 8.10. The number of ketones is 1. The van der Waals surface area contributed by atoms with Crippen molar-refractivity contribution in [1.29, 1.82) is 0 Å². The number of Topliss-reactive ketones (excluding diaryl/α,β-unsaturated/α-hetero) is 1. The van der Waals surface area contributed by atoms with Crippen molar-refractivity contribution in [2.45, 2.75) is 6.04 Å². The van der Waals surface area contributed by atoms with Crippen LogP contribution in [0.3, 0.4) is 0 Å². The highest BCUT2D eigenvalue weighted by atomic mass is 16.5. The molecule has 1 saturated heterocycles. The Labute approximate surface area is 192 Å². The smallest absolute Gasteiger partial charge is 0.295 e. The first-order chi connectivity index (χ1) is 15.7. The molecule has 0 bridgehead atoms. The Morgan fingerprint density at radius 3 is 2.36 bits per heavy atom. The molecule has 1 unspecified atom stereocenters. The first kappa shape index (κ1) is 23.9. The molecule has 2 N–H and O–H groups in total. The summed E-state index contributed by atoms with van der Waals surface area (Å²) < 4.78 is 16.0. The summed E-state index contributed by atoms with van der Waals surface area (Å²) in [6.07, 6.45) is 0. The number of aromatic hydroxyl groups is 1. The highest BCUT2D eigenvalue weighted by Crippen LogP contribution is 2.46. The lowest BCUT2D eigenvalue weighted by Gasteiger charge is -2.28. The molecule has 2 aromatic carbocycles. The van der Waals surface area contributed by atoms with Crippen LogP contribution in [0.15, 0.2) is 42.0 Å². The summed E-state index contributed by atoms with van der Waals surface area (Å²) in [4.78, 5) is 29.5. The first-order valence-corrected chi connectivity index (χ1v) is 10.3. The van der Waals surface area contributed by atoms with E-state index in [1.165, 1.54) is 44.4 Å². The fourth-order valence-corrected chi connectivity index (χ4v) is 3.85. The van der Waals surface area contributed by atoms with E-state index in [0.29, 0.717) is 29.4 Å². The van der Waals surface area contributed by atoms with Gasteiger partial charge in [0.05, 0.1) is 38.5 Å². The first-order valence-electron chi connectivity index (χ1n) is 10.3. The molecule has 0 saturated carbocycles. The van der Waals surface area contributed by atoms with Crippen LogP contribution in [0.4, 0.5) is 0 Å². The third-order valence-electron chi connectivity index (χ3n) is 5.52. The number of hydrogen-bond acceptors (Lipinski definition) is 8. The largest absolute Gasteiger partial charge is 0.507 e. The molecule has 1 heterocycles. The number of likely N-dealkylation sites (tertiary alicyclic amines) is 1. The maximum Gasteiger partial charge on any atom is 0.295 e. The average Bonchev–Trinajstić information content (AvgIpc) is 3.06. The molecule has 1 aliphatic rings. The standard InChI is InChI=1S/C24H28N2O7/c1-25(2)11-12-26-20(16-7-6-8-18(32-4)23(16)33-5)19(22(29)24(26)30)21(28)15-10-9-14(31-3)13-17(15)27/h6-10,13,20,27-28H,11-12H2,1-5H3/b21-19+.